The van der Waals surface area contributed by atoms with E-state index in [9.17, 15) is 14.7 Å². The first kappa shape index (κ1) is 26.6. The van der Waals surface area contributed by atoms with Crippen molar-refractivity contribution in [3.63, 3.8) is 0 Å². The fraction of sp³-hybridized carbons (Fsp3) is 0.154. The number of methoxy groups -OCH3 is 2. The van der Waals surface area contributed by atoms with Crippen LogP contribution in [0.5, 0.6) is 11.5 Å². The molecule has 3 aromatic carbocycles. The minimum atomic E-state index is -1.02. The molecule has 0 heterocycles. The number of benzene rings is 3. The number of ether oxygens (including phenoxy) is 3. The van der Waals surface area contributed by atoms with E-state index in [1.807, 2.05) is 0 Å². The van der Waals surface area contributed by atoms with E-state index < -0.39 is 24.2 Å². The second kappa shape index (κ2) is 12.6. The monoisotopic (exact) mass is 555 g/mol. The normalized spacial score (nSPS) is 12.5. The molecule has 0 aliphatic rings. The summed E-state index contributed by atoms with van der Waals surface area (Å²) in [5, 5.41) is 15.6. The van der Waals surface area contributed by atoms with E-state index in [-0.39, 0.29) is 11.5 Å². The van der Waals surface area contributed by atoms with E-state index in [1.54, 1.807) is 54.6 Å². The van der Waals surface area contributed by atoms with Crippen LogP contribution in [0.3, 0.4) is 0 Å². The summed E-state index contributed by atoms with van der Waals surface area (Å²) in [7, 11) is 2.83. The van der Waals surface area contributed by atoms with E-state index in [4.69, 9.17) is 19.9 Å². The lowest BCUT2D eigenvalue weighted by Crippen LogP contribution is -2.27. The number of hydrogen-bond acceptors (Lipinski definition) is 7. The Morgan fingerprint density at radius 1 is 1.03 bits per heavy atom. The predicted molar refractivity (Wildman–Crippen MR) is 141 cm³/mol. The molecule has 2 atom stereocenters. The number of para-hydroxylation sites is 2. The number of nitrogens with one attached hydrogen (secondary N) is 2. The largest absolute Gasteiger partial charge is 0.504 e. The highest BCUT2D eigenvalue weighted by Gasteiger charge is 2.27. The smallest absolute Gasteiger partial charge is 0.412 e. The Morgan fingerprint density at radius 2 is 1.75 bits per heavy atom. The third-order valence-electron chi connectivity index (χ3n) is 5.08. The summed E-state index contributed by atoms with van der Waals surface area (Å²) in [5.74, 6) is -0.347. The van der Waals surface area contributed by atoms with Gasteiger partial charge in [-0.05, 0) is 60.2 Å². The number of hydrogen-bond donors (Lipinski definition) is 4. The van der Waals surface area contributed by atoms with Crippen LogP contribution in [0.1, 0.15) is 11.7 Å². The maximum atomic E-state index is 12.7. The van der Waals surface area contributed by atoms with Crippen molar-refractivity contribution in [2.75, 3.05) is 30.6 Å². The minimum absolute atomic E-state index is 0.145. The number of phenolic OH excluding ortho intramolecular Hbond substituents is 1. The third-order valence-corrected chi connectivity index (χ3v) is 5.61. The van der Waals surface area contributed by atoms with Gasteiger partial charge < -0.3 is 30.4 Å². The van der Waals surface area contributed by atoms with Crippen molar-refractivity contribution in [1.29, 1.82) is 0 Å². The number of phenols is 1. The molecular formula is C26H26BrN3O6. The summed E-state index contributed by atoms with van der Waals surface area (Å²) in [6.07, 6.45) is 0.0512. The Balaban J connectivity index is 1.83. The number of rotatable bonds is 9. The van der Waals surface area contributed by atoms with E-state index >= 15 is 0 Å². The lowest BCUT2D eigenvalue weighted by molar-refractivity contribution is -0.112. The number of nitrogen functional groups attached to an aromatic ring is 1. The van der Waals surface area contributed by atoms with E-state index in [0.29, 0.717) is 22.6 Å². The molecule has 0 aliphatic carbocycles. The SMILES string of the molecule is COc1ccc([C@@H](OC(=O)Nc2ccc(Br)cc2)[C@@H](/C=C/C(=O)Nc2ccccc2N)OC)cc1O. The number of aromatic hydroxyl groups is 1. The highest BCUT2D eigenvalue weighted by molar-refractivity contribution is 9.10. The van der Waals surface area contributed by atoms with Crippen LogP contribution in [-0.2, 0) is 14.3 Å². The molecule has 188 valence electrons. The first-order valence-corrected chi connectivity index (χ1v) is 11.6. The van der Waals surface area contributed by atoms with Crippen LogP contribution >= 0.6 is 15.9 Å². The van der Waals surface area contributed by atoms with Crippen LogP contribution in [0.25, 0.3) is 0 Å². The van der Waals surface area contributed by atoms with Crippen molar-refractivity contribution >= 4 is 45.0 Å². The lowest BCUT2D eigenvalue weighted by Gasteiger charge is -2.25. The van der Waals surface area contributed by atoms with E-state index in [1.165, 1.54) is 38.5 Å². The summed E-state index contributed by atoms with van der Waals surface area (Å²) in [5.41, 5.74) is 7.69. The van der Waals surface area contributed by atoms with Gasteiger partial charge in [0.15, 0.2) is 17.6 Å². The zero-order valence-corrected chi connectivity index (χ0v) is 21.2. The minimum Gasteiger partial charge on any atom is -0.504 e. The summed E-state index contributed by atoms with van der Waals surface area (Å²) in [4.78, 5) is 25.2. The van der Waals surface area contributed by atoms with E-state index in [0.717, 1.165) is 4.47 Å². The van der Waals surface area contributed by atoms with Gasteiger partial charge in [0.2, 0.25) is 5.91 Å². The zero-order valence-electron chi connectivity index (χ0n) is 19.6. The molecule has 36 heavy (non-hydrogen) atoms. The third kappa shape index (κ3) is 7.24. The maximum absolute atomic E-state index is 12.7. The highest BCUT2D eigenvalue weighted by Crippen LogP contribution is 2.33. The zero-order chi connectivity index (χ0) is 26.1. The van der Waals surface area contributed by atoms with Gasteiger partial charge in [0.05, 0.1) is 18.5 Å². The molecule has 0 spiro atoms. The van der Waals surface area contributed by atoms with Gasteiger partial charge >= 0.3 is 6.09 Å². The van der Waals surface area contributed by atoms with Crippen molar-refractivity contribution in [3.8, 4) is 11.5 Å². The molecule has 0 saturated carbocycles. The van der Waals surface area contributed by atoms with Gasteiger partial charge in [-0.15, -0.1) is 0 Å². The van der Waals surface area contributed by atoms with E-state index in [2.05, 4.69) is 26.6 Å². The second-order valence-electron chi connectivity index (χ2n) is 7.53. The first-order valence-electron chi connectivity index (χ1n) is 10.8. The molecule has 0 aromatic heterocycles. The number of nitrogens with two attached hydrogens (primary N) is 1. The van der Waals surface area contributed by atoms with Gasteiger partial charge in [-0.3, -0.25) is 10.1 Å². The van der Waals surface area contributed by atoms with Crippen molar-refractivity contribution in [3.05, 3.63) is 88.9 Å². The van der Waals surface area contributed by atoms with Gasteiger partial charge in [-0.1, -0.05) is 34.1 Å². The molecule has 0 fully saturated rings. The molecule has 0 radical (unpaired) electrons. The van der Waals surface area contributed by atoms with Crippen LogP contribution in [0.4, 0.5) is 21.9 Å². The van der Waals surface area contributed by atoms with Crippen LogP contribution in [0, 0.1) is 0 Å². The van der Waals surface area contributed by atoms with Gasteiger partial charge in [-0.2, -0.15) is 0 Å². The summed E-state index contributed by atoms with van der Waals surface area (Å²) in [6.45, 7) is 0. The Bertz CT molecular complexity index is 1230. The van der Waals surface area contributed by atoms with Crippen LogP contribution in [0.2, 0.25) is 0 Å². The molecule has 0 saturated heterocycles. The summed E-state index contributed by atoms with van der Waals surface area (Å²) < 4.78 is 17.2. The Hall–Kier alpha value is -4.02. The lowest BCUT2D eigenvalue weighted by atomic mass is 10.0. The number of amides is 2. The quantitative estimate of drug-likeness (QED) is 0.209. The van der Waals surface area contributed by atoms with Crippen LogP contribution < -0.4 is 21.1 Å². The summed E-state index contributed by atoms with van der Waals surface area (Å²) >= 11 is 3.34. The molecule has 10 heteroatoms. The average Bonchev–Trinajstić information content (AvgIpc) is 2.86. The topological polar surface area (TPSA) is 132 Å². The number of anilines is 3. The Morgan fingerprint density at radius 3 is 2.39 bits per heavy atom. The fourth-order valence-corrected chi connectivity index (χ4v) is 3.54. The average molecular weight is 556 g/mol. The molecule has 0 bridgehead atoms. The maximum Gasteiger partial charge on any atom is 0.412 e. The number of carbonyl (C=O) groups is 2. The van der Waals surface area contributed by atoms with Crippen molar-refractivity contribution < 1.29 is 28.9 Å². The molecule has 3 aromatic rings. The number of carbonyl (C=O) groups excluding carboxylic acids is 2. The summed E-state index contributed by atoms with van der Waals surface area (Å²) in [6, 6.07) is 18.4. The first-order chi connectivity index (χ1) is 17.3. The van der Waals surface area contributed by atoms with Gasteiger partial charge in [-0.25, -0.2) is 4.79 Å². The fourth-order valence-electron chi connectivity index (χ4n) is 3.28. The van der Waals surface area contributed by atoms with Crippen LogP contribution in [0.15, 0.2) is 83.4 Å². The van der Waals surface area contributed by atoms with Gasteiger partial charge in [0, 0.05) is 23.3 Å². The standard InChI is InChI=1S/C26H26BrN3O6/c1-34-22-12-7-16(15-21(22)31)25(36-26(33)29-18-10-8-17(27)9-11-18)23(35-2)13-14-24(32)30-20-6-4-3-5-19(20)28/h3-15,23,25,31H,28H2,1-2H3,(H,29,33)(H,30,32)/b14-13+/t23-,25-/m1/s1. The molecular weight excluding hydrogens is 530 g/mol. The van der Waals surface area contributed by atoms with Crippen molar-refractivity contribution in [2.45, 2.75) is 12.2 Å². The molecule has 0 aliphatic heterocycles. The molecule has 0 unspecified atom stereocenters. The van der Waals surface area contributed by atoms with Gasteiger partial charge in [0.1, 0.15) is 6.10 Å². The molecule has 2 amide bonds. The van der Waals surface area contributed by atoms with Gasteiger partial charge in [0.25, 0.3) is 0 Å². The number of halogens is 1. The second-order valence-corrected chi connectivity index (χ2v) is 8.44. The molecule has 5 N–H and O–H groups in total. The molecule has 3 rings (SSSR count). The Kier molecular flexibility index (Phi) is 9.32. The van der Waals surface area contributed by atoms with Crippen molar-refractivity contribution in [1.82, 2.24) is 0 Å². The Labute approximate surface area is 217 Å². The van der Waals surface area contributed by atoms with Crippen molar-refractivity contribution in [2.24, 2.45) is 0 Å². The predicted octanol–water partition coefficient (Wildman–Crippen LogP) is 5.25. The highest BCUT2D eigenvalue weighted by atomic mass is 79.9. The molecule has 9 nitrogen and oxygen atoms in total. The van der Waals surface area contributed by atoms with Crippen LogP contribution in [-0.4, -0.2) is 37.4 Å².